The smallest absolute Gasteiger partial charge is 0.219 e. The van der Waals surface area contributed by atoms with Crippen LogP contribution < -0.4 is 16.0 Å². The zero-order chi connectivity index (χ0) is 12.3. The Labute approximate surface area is 112 Å². The summed E-state index contributed by atoms with van der Waals surface area (Å²) in [5.41, 5.74) is 0. The first-order valence-electron chi connectivity index (χ1n) is 6.10. The molecule has 3 atom stereocenters. The lowest BCUT2D eigenvalue weighted by Gasteiger charge is -2.16. The van der Waals surface area contributed by atoms with E-state index in [1.165, 1.54) is 6.42 Å². The monoisotopic (exact) mass is 273 g/mol. The number of rotatable bonds is 5. The second kappa shape index (κ2) is 5.91. The molecule has 2 heterocycles. The van der Waals surface area contributed by atoms with Crippen molar-refractivity contribution in [3.63, 3.8) is 0 Å². The van der Waals surface area contributed by atoms with Gasteiger partial charge in [-0.2, -0.15) is 11.8 Å². The summed E-state index contributed by atoms with van der Waals surface area (Å²) in [6, 6.07) is 1.00. The summed E-state index contributed by atoms with van der Waals surface area (Å²) < 4.78 is 0. The molecule has 2 saturated heterocycles. The largest absolute Gasteiger partial charge is 0.359 e. The molecule has 1 amide bonds. The van der Waals surface area contributed by atoms with Crippen molar-refractivity contribution in [1.29, 1.82) is 0 Å². The summed E-state index contributed by atoms with van der Waals surface area (Å²) in [6.07, 6.45) is 3.90. The molecule has 0 aliphatic carbocycles. The molecule has 0 radical (unpaired) electrons. The molecule has 2 aliphatic heterocycles. The first kappa shape index (κ1) is 13.0. The number of carbonyl (C=O) groups is 1. The summed E-state index contributed by atoms with van der Waals surface area (Å²) in [5.74, 6) is 1.28. The van der Waals surface area contributed by atoms with E-state index in [0.717, 1.165) is 23.7 Å². The van der Waals surface area contributed by atoms with Gasteiger partial charge >= 0.3 is 0 Å². The average Bonchev–Trinajstić information content (AvgIpc) is 2.84. The molecule has 0 spiro atoms. The normalized spacial score (nSPS) is 30.6. The van der Waals surface area contributed by atoms with Crippen molar-refractivity contribution in [3.8, 4) is 0 Å². The molecule has 0 aromatic carbocycles. The van der Waals surface area contributed by atoms with Crippen molar-refractivity contribution in [2.75, 3.05) is 12.8 Å². The molecule has 0 aromatic heterocycles. The molecule has 0 saturated carbocycles. The Bertz CT molecular complexity index is 311. The van der Waals surface area contributed by atoms with Gasteiger partial charge in [-0.1, -0.05) is 6.42 Å². The van der Waals surface area contributed by atoms with E-state index in [4.69, 9.17) is 12.2 Å². The van der Waals surface area contributed by atoms with E-state index in [-0.39, 0.29) is 5.91 Å². The maximum absolute atomic E-state index is 11.1. The lowest BCUT2D eigenvalue weighted by molar-refractivity contribution is -0.120. The quantitative estimate of drug-likeness (QED) is 0.506. The van der Waals surface area contributed by atoms with Crippen LogP contribution in [0.25, 0.3) is 0 Å². The molecule has 96 valence electrons. The topological polar surface area (TPSA) is 53.2 Å². The van der Waals surface area contributed by atoms with Gasteiger partial charge in [0.1, 0.15) is 0 Å². The Morgan fingerprint density at radius 2 is 2.35 bits per heavy atom. The molecule has 2 aliphatic rings. The van der Waals surface area contributed by atoms with E-state index in [2.05, 4.69) is 16.0 Å². The van der Waals surface area contributed by atoms with Crippen molar-refractivity contribution in [2.24, 2.45) is 0 Å². The van der Waals surface area contributed by atoms with Crippen molar-refractivity contribution in [1.82, 2.24) is 16.0 Å². The van der Waals surface area contributed by atoms with E-state index in [1.54, 1.807) is 7.05 Å². The Morgan fingerprint density at radius 1 is 1.53 bits per heavy atom. The average molecular weight is 273 g/mol. The highest BCUT2D eigenvalue weighted by molar-refractivity contribution is 8.00. The van der Waals surface area contributed by atoms with Crippen molar-refractivity contribution in [3.05, 3.63) is 0 Å². The number of carbonyl (C=O) groups excluding carboxylic acids is 1. The van der Waals surface area contributed by atoms with Crippen molar-refractivity contribution < 1.29 is 4.79 Å². The van der Waals surface area contributed by atoms with Crippen LogP contribution in [-0.4, -0.2) is 41.2 Å². The van der Waals surface area contributed by atoms with E-state index in [9.17, 15) is 4.79 Å². The van der Waals surface area contributed by atoms with Gasteiger partial charge in [-0.3, -0.25) is 4.79 Å². The summed E-state index contributed by atoms with van der Waals surface area (Å²) in [5, 5.41) is 10.7. The maximum atomic E-state index is 11.1. The number of hydrogen-bond donors (Lipinski definition) is 3. The Kier molecular flexibility index (Phi) is 4.50. The predicted octanol–water partition coefficient (Wildman–Crippen LogP) is 0.623. The highest BCUT2D eigenvalue weighted by atomic mass is 32.2. The molecule has 17 heavy (non-hydrogen) atoms. The van der Waals surface area contributed by atoms with Crippen LogP contribution in [0.3, 0.4) is 0 Å². The Balaban J connectivity index is 1.66. The SMILES string of the molecule is CNC(=O)CCCC[C@@H]1SC[C@@H]2NC(=S)N[C@@H]21. The number of thioether (sulfide) groups is 1. The van der Waals surface area contributed by atoms with Gasteiger partial charge in [0.2, 0.25) is 5.91 Å². The van der Waals surface area contributed by atoms with Gasteiger partial charge in [0, 0.05) is 24.5 Å². The van der Waals surface area contributed by atoms with Crippen LogP contribution in [0.1, 0.15) is 25.7 Å². The van der Waals surface area contributed by atoms with Gasteiger partial charge in [-0.25, -0.2) is 0 Å². The van der Waals surface area contributed by atoms with Crippen molar-refractivity contribution >= 4 is 35.0 Å². The molecule has 0 unspecified atom stereocenters. The van der Waals surface area contributed by atoms with Crippen LogP contribution in [0.15, 0.2) is 0 Å². The molecular weight excluding hydrogens is 254 g/mol. The van der Waals surface area contributed by atoms with Gasteiger partial charge in [0.25, 0.3) is 0 Å². The van der Waals surface area contributed by atoms with Crippen LogP contribution in [0.4, 0.5) is 0 Å². The fraction of sp³-hybridized carbons (Fsp3) is 0.818. The zero-order valence-corrected chi connectivity index (χ0v) is 11.6. The van der Waals surface area contributed by atoms with Crippen molar-refractivity contribution in [2.45, 2.75) is 43.0 Å². The third kappa shape index (κ3) is 3.25. The van der Waals surface area contributed by atoms with E-state index in [0.29, 0.717) is 23.8 Å². The summed E-state index contributed by atoms with van der Waals surface area (Å²) in [4.78, 5) is 11.1. The number of unbranched alkanes of at least 4 members (excludes halogenated alkanes) is 1. The maximum Gasteiger partial charge on any atom is 0.219 e. The predicted molar refractivity (Wildman–Crippen MR) is 75.2 cm³/mol. The summed E-state index contributed by atoms with van der Waals surface area (Å²) >= 11 is 7.14. The molecule has 2 rings (SSSR count). The number of hydrogen-bond acceptors (Lipinski definition) is 3. The lowest BCUT2D eigenvalue weighted by Crippen LogP contribution is -2.36. The lowest BCUT2D eigenvalue weighted by atomic mass is 10.0. The molecule has 2 fully saturated rings. The third-order valence-electron chi connectivity index (χ3n) is 3.36. The van der Waals surface area contributed by atoms with Gasteiger partial charge in [0.05, 0.1) is 12.1 Å². The third-order valence-corrected chi connectivity index (χ3v) is 5.10. The van der Waals surface area contributed by atoms with Crippen LogP contribution in [-0.2, 0) is 4.79 Å². The first-order valence-corrected chi connectivity index (χ1v) is 7.55. The fourth-order valence-corrected chi connectivity index (χ4v) is 4.23. The Morgan fingerprint density at radius 3 is 3.12 bits per heavy atom. The minimum absolute atomic E-state index is 0.142. The first-order chi connectivity index (χ1) is 8.20. The standard InChI is InChI=1S/C11H19N3OS2/c1-12-9(15)5-3-2-4-8-10-7(6-17-8)13-11(16)14-10/h7-8,10H,2-6H2,1H3,(H,12,15)(H2,13,14,16)/t7-,8-,10-/m0/s1. The second-order valence-electron chi connectivity index (χ2n) is 4.54. The van der Waals surface area contributed by atoms with Crippen LogP contribution in [0, 0.1) is 0 Å². The summed E-state index contributed by atoms with van der Waals surface area (Å²) in [7, 11) is 1.69. The molecule has 6 heteroatoms. The number of nitrogens with one attached hydrogen (secondary N) is 3. The number of fused-ring (bicyclic) bond motifs is 1. The van der Waals surface area contributed by atoms with E-state index < -0.39 is 0 Å². The zero-order valence-electron chi connectivity index (χ0n) is 9.99. The van der Waals surface area contributed by atoms with Crippen LogP contribution in [0.5, 0.6) is 0 Å². The van der Waals surface area contributed by atoms with E-state index in [1.807, 2.05) is 11.8 Å². The summed E-state index contributed by atoms with van der Waals surface area (Å²) in [6.45, 7) is 0. The molecule has 3 N–H and O–H groups in total. The molecule has 0 aromatic rings. The molecule has 0 bridgehead atoms. The Hall–Kier alpha value is -0.490. The van der Waals surface area contributed by atoms with Gasteiger partial charge in [-0.05, 0) is 25.1 Å². The highest BCUT2D eigenvalue weighted by Gasteiger charge is 2.41. The minimum Gasteiger partial charge on any atom is -0.359 e. The number of amides is 1. The molecule has 4 nitrogen and oxygen atoms in total. The van der Waals surface area contributed by atoms with Gasteiger partial charge < -0.3 is 16.0 Å². The minimum atomic E-state index is 0.142. The van der Waals surface area contributed by atoms with Crippen LogP contribution in [0.2, 0.25) is 0 Å². The fourth-order valence-electron chi connectivity index (χ4n) is 2.40. The highest BCUT2D eigenvalue weighted by Crippen LogP contribution is 2.33. The number of thiocarbonyl (C=S) groups is 1. The van der Waals surface area contributed by atoms with Crippen LogP contribution >= 0.6 is 24.0 Å². The second-order valence-corrected chi connectivity index (χ2v) is 6.22. The van der Waals surface area contributed by atoms with Gasteiger partial charge in [-0.15, -0.1) is 0 Å². The molecular formula is C11H19N3OS2. The van der Waals surface area contributed by atoms with Gasteiger partial charge in [0.15, 0.2) is 5.11 Å². The van der Waals surface area contributed by atoms with E-state index >= 15 is 0 Å².